The van der Waals surface area contributed by atoms with Gasteiger partial charge in [-0.05, 0) is 41.8 Å². The van der Waals surface area contributed by atoms with Gasteiger partial charge in [0, 0.05) is 6.04 Å². The Kier molecular flexibility index (Phi) is 4.33. The number of carbonyl (C=O) groups excluding carboxylic acids is 2. The average molecular weight is 322 g/mol. The molecular formula is C19H18N2O3. The molecule has 1 atom stereocenters. The summed E-state index contributed by atoms with van der Waals surface area (Å²) in [5.74, 6) is -1.01. The van der Waals surface area contributed by atoms with E-state index in [4.69, 9.17) is 10.2 Å². The van der Waals surface area contributed by atoms with Crippen molar-refractivity contribution in [1.82, 2.24) is 5.32 Å². The number of rotatable bonds is 5. The molecule has 0 radical (unpaired) electrons. The molecule has 0 spiro atoms. The van der Waals surface area contributed by atoms with Crippen LogP contribution in [0.2, 0.25) is 0 Å². The molecule has 1 aromatic heterocycles. The van der Waals surface area contributed by atoms with E-state index >= 15 is 0 Å². The minimum absolute atomic E-state index is 0.0256. The van der Waals surface area contributed by atoms with Crippen LogP contribution in [0.25, 0.3) is 10.8 Å². The lowest BCUT2D eigenvalue weighted by Crippen LogP contribution is -2.33. The number of benzene rings is 2. The molecule has 0 aliphatic heterocycles. The Balaban J connectivity index is 1.66. The minimum atomic E-state index is -0.696. The number of nitrogens with two attached hydrogens (primary N) is 1. The van der Waals surface area contributed by atoms with Crippen molar-refractivity contribution in [3.05, 3.63) is 71.7 Å². The second-order valence-electron chi connectivity index (χ2n) is 5.79. The second-order valence-corrected chi connectivity index (χ2v) is 5.79. The van der Waals surface area contributed by atoms with E-state index in [1.54, 1.807) is 0 Å². The van der Waals surface area contributed by atoms with Crippen molar-refractivity contribution in [2.75, 3.05) is 0 Å². The summed E-state index contributed by atoms with van der Waals surface area (Å²) < 4.78 is 5.13. The fraction of sp³-hybridized carbons (Fsp3) is 0.158. The molecule has 122 valence electrons. The van der Waals surface area contributed by atoms with Gasteiger partial charge in [0.1, 0.15) is 0 Å². The Morgan fingerprint density at radius 3 is 2.46 bits per heavy atom. The summed E-state index contributed by atoms with van der Waals surface area (Å²) in [6.07, 6.45) is 0.694. The summed E-state index contributed by atoms with van der Waals surface area (Å²) in [4.78, 5) is 23.1. The van der Waals surface area contributed by atoms with Crippen LogP contribution in [0.1, 0.15) is 33.6 Å². The Hall–Kier alpha value is -3.08. The summed E-state index contributed by atoms with van der Waals surface area (Å²) >= 11 is 0. The molecular weight excluding hydrogens is 304 g/mol. The standard InChI is InChI=1S/C19H18N2O3/c1-12(21-19(23)17-9-8-16(24-17)18(20)22)10-13-6-7-14-4-2-3-5-15(14)11-13/h2-9,11-12H,10H2,1H3,(H2,20,22)(H,21,23)/t12-/m1/s1. The Morgan fingerprint density at radius 1 is 1.04 bits per heavy atom. The predicted octanol–water partition coefficient (Wildman–Crippen LogP) is 2.89. The van der Waals surface area contributed by atoms with Gasteiger partial charge in [-0.1, -0.05) is 42.5 Å². The molecule has 0 unspecified atom stereocenters. The van der Waals surface area contributed by atoms with Crippen molar-refractivity contribution < 1.29 is 14.0 Å². The topological polar surface area (TPSA) is 85.3 Å². The lowest BCUT2D eigenvalue weighted by molar-refractivity contribution is 0.0904. The first-order valence-electron chi connectivity index (χ1n) is 7.71. The lowest BCUT2D eigenvalue weighted by Gasteiger charge is -2.13. The van der Waals surface area contributed by atoms with E-state index in [0.717, 1.165) is 5.56 Å². The number of hydrogen-bond acceptors (Lipinski definition) is 3. The van der Waals surface area contributed by atoms with Crippen molar-refractivity contribution in [3.8, 4) is 0 Å². The fourth-order valence-electron chi connectivity index (χ4n) is 2.66. The van der Waals surface area contributed by atoms with Gasteiger partial charge in [0.15, 0.2) is 11.5 Å². The van der Waals surface area contributed by atoms with Gasteiger partial charge >= 0.3 is 0 Å². The molecule has 0 bridgehead atoms. The van der Waals surface area contributed by atoms with Crippen molar-refractivity contribution >= 4 is 22.6 Å². The number of fused-ring (bicyclic) bond motifs is 1. The van der Waals surface area contributed by atoms with Gasteiger partial charge in [0.2, 0.25) is 0 Å². The number of nitrogens with one attached hydrogen (secondary N) is 1. The van der Waals surface area contributed by atoms with E-state index in [0.29, 0.717) is 6.42 Å². The number of hydrogen-bond donors (Lipinski definition) is 2. The van der Waals surface area contributed by atoms with E-state index in [1.807, 2.05) is 19.1 Å². The molecule has 1 heterocycles. The van der Waals surface area contributed by atoms with Gasteiger partial charge in [-0.15, -0.1) is 0 Å². The van der Waals surface area contributed by atoms with Crippen molar-refractivity contribution in [2.45, 2.75) is 19.4 Å². The van der Waals surface area contributed by atoms with Crippen molar-refractivity contribution in [2.24, 2.45) is 5.73 Å². The third-order valence-corrected chi connectivity index (χ3v) is 3.81. The van der Waals surface area contributed by atoms with Crippen LogP contribution < -0.4 is 11.1 Å². The fourth-order valence-corrected chi connectivity index (χ4v) is 2.66. The highest BCUT2D eigenvalue weighted by Crippen LogP contribution is 2.17. The Morgan fingerprint density at radius 2 is 1.75 bits per heavy atom. The minimum Gasteiger partial charge on any atom is -0.446 e. The summed E-state index contributed by atoms with van der Waals surface area (Å²) in [5, 5.41) is 5.22. The first-order chi connectivity index (χ1) is 11.5. The first-order valence-corrected chi connectivity index (χ1v) is 7.71. The van der Waals surface area contributed by atoms with Crippen LogP contribution in [-0.2, 0) is 6.42 Å². The summed E-state index contributed by atoms with van der Waals surface area (Å²) in [7, 11) is 0. The maximum absolute atomic E-state index is 12.1. The molecule has 0 aliphatic carbocycles. The first kappa shape index (κ1) is 15.8. The zero-order valence-corrected chi connectivity index (χ0v) is 13.3. The van der Waals surface area contributed by atoms with Crippen LogP contribution >= 0.6 is 0 Å². The number of carbonyl (C=O) groups is 2. The molecule has 0 saturated carbocycles. The monoisotopic (exact) mass is 322 g/mol. The molecule has 3 aromatic rings. The van der Waals surface area contributed by atoms with Gasteiger partial charge in [-0.3, -0.25) is 9.59 Å². The van der Waals surface area contributed by atoms with E-state index in [9.17, 15) is 9.59 Å². The number of amides is 2. The average Bonchev–Trinajstić information content (AvgIpc) is 3.05. The van der Waals surface area contributed by atoms with E-state index in [-0.39, 0.29) is 23.5 Å². The second kappa shape index (κ2) is 6.58. The maximum Gasteiger partial charge on any atom is 0.287 e. The third kappa shape index (κ3) is 3.46. The van der Waals surface area contributed by atoms with Crippen LogP contribution in [0.15, 0.2) is 59.0 Å². The molecule has 2 amide bonds. The van der Waals surface area contributed by atoms with Crippen molar-refractivity contribution in [1.29, 1.82) is 0 Å². The van der Waals surface area contributed by atoms with Crippen LogP contribution in [-0.4, -0.2) is 17.9 Å². The number of furan rings is 1. The SMILES string of the molecule is C[C@H](Cc1ccc2ccccc2c1)NC(=O)c1ccc(C(N)=O)o1. The lowest BCUT2D eigenvalue weighted by atomic mass is 10.0. The molecule has 3 rings (SSSR count). The molecule has 3 N–H and O–H groups in total. The Bertz CT molecular complexity index is 898. The van der Waals surface area contributed by atoms with E-state index < -0.39 is 5.91 Å². The van der Waals surface area contributed by atoms with Crippen LogP contribution in [0, 0.1) is 0 Å². The van der Waals surface area contributed by atoms with E-state index in [2.05, 4.69) is 35.6 Å². The molecule has 5 heteroatoms. The number of primary amides is 1. The zero-order chi connectivity index (χ0) is 17.1. The van der Waals surface area contributed by atoms with Crippen LogP contribution in [0.5, 0.6) is 0 Å². The highest BCUT2D eigenvalue weighted by molar-refractivity contribution is 5.95. The molecule has 2 aromatic carbocycles. The van der Waals surface area contributed by atoms with Gasteiger partial charge in [0.05, 0.1) is 0 Å². The van der Waals surface area contributed by atoms with Crippen LogP contribution in [0.4, 0.5) is 0 Å². The normalized spacial score (nSPS) is 12.0. The van der Waals surface area contributed by atoms with Gasteiger partial charge in [0.25, 0.3) is 11.8 Å². The van der Waals surface area contributed by atoms with Gasteiger partial charge in [-0.2, -0.15) is 0 Å². The molecule has 0 saturated heterocycles. The summed E-state index contributed by atoms with van der Waals surface area (Å²) in [6.45, 7) is 1.92. The molecule has 0 fully saturated rings. The molecule has 5 nitrogen and oxygen atoms in total. The predicted molar refractivity (Wildman–Crippen MR) is 91.8 cm³/mol. The summed E-state index contributed by atoms with van der Waals surface area (Å²) in [6, 6.07) is 17.2. The highest BCUT2D eigenvalue weighted by Gasteiger charge is 2.16. The highest BCUT2D eigenvalue weighted by atomic mass is 16.4. The van der Waals surface area contributed by atoms with Gasteiger partial charge < -0.3 is 15.5 Å². The third-order valence-electron chi connectivity index (χ3n) is 3.81. The molecule has 0 aliphatic rings. The smallest absolute Gasteiger partial charge is 0.287 e. The van der Waals surface area contributed by atoms with E-state index in [1.165, 1.54) is 22.9 Å². The summed E-state index contributed by atoms with van der Waals surface area (Å²) in [5.41, 5.74) is 6.25. The van der Waals surface area contributed by atoms with Gasteiger partial charge in [-0.25, -0.2) is 0 Å². The van der Waals surface area contributed by atoms with Crippen molar-refractivity contribution in [3.63, 3.8) is 0 Å². The zero-order valence-electron chi connectivity index (χ0n) is 13.3. The maximum atomic E-state index is 12.1. The van der Waals surface area contributed by atoms with Crippen LogP contribution in [0.3, 0.4) is 0 Å². The molecule has 24 heavy (non-hydrogen) atoms. The quantitative estimate of drug-likeness (QED) is 0.757. The Labute approximate surface area is 139 Å². The largest absolute Gasteiger partial charge is 0.446 e.